The van der Waals surface area contributed by atoms with Crippen molar-refractivity contribution in [1.82, 2.24) is 14.7 Å². The molecular weight excluding hydrogens is 288 g/mol. The quantitative estimate of drug-likeness (QED) is 0.916. The minimum atomic E-state index is -0.479. The predicted octanol–water partition coefficient (Wildman–Crippen LogP) is 1.86. The van der Waals surface area contributed by atoms with Gasteiger partial charge in [-0.2, -0.15) is 0 Å². The lowest BCUT2D eigenvalue weighted by molar-refractivity contribution is -0.131. The van der Waals surface area contributed by atoms with Gasteiger partial charge in [0.25, 0.3) is 5.91 Å². The van der Waals surface area contributed by atoms with Crippen LogP contribution in [0, 0.1) is 5.92 Å². The first-order valence-electron chi connectivity index (χ1n) is 7.05. The third kappa shape index (κ3) is 3.07. The Morgan fingerprint density at radius 3 is 3.19 bits per heavy atom. The van der Waals surface area contributed by atoms with Gasteiger partial charge in [-0.1, -0.05) is 19.0 Å². The number of carbonyl (C=O) groups is 1. The van der Waals surface area contributed by atoms with E-state index < -0.39 is 6.10 Å². The average molecular weight is 306 g/mol. The van der Waals surface area contributed by atoms with Gasteiger partial charge < -0.3 is 10.2 Å². The molecule has 0 bridgehead atoms. The molecule has 1 amide bonds. The Kier molecular flexibility index (Phi) is 3.92. The summed E-state index contributed by atoms with van der Waals surface area (Å²) in [4.78, 5) is 22.6. The van der Waals surface area contributed by atoms with Gasteiger partial charge in [0.1, 0.15) is 0 Å². The van der Waals surface area contributed by atoms with Gasteiger partial charge in [-0.3, -0.25) is 9.20 Å². The van der Waals surface area contributed by atoms with Crippen molar-refractivity contribution >= 4 is 27.9 Å². The second kappa shape index (κ2) is 5.85. The fraction of sp³-hybridized carbons (Fsp3) is 0.500. The molecule has 0 saturated heterocycles. The summed E-state index contributed by atoms with van der Waals surface area (Å²) >= 11 is 1.60. The second-order valence-electron chi connectivity index (χ2n) is 5.40. The molecule has 2 aromatic rings. The molecule has 6 nitrogen and oxygen atoms in total. The largest absolute Gasteiger partial charge is 0.382 e. The third-order valence-corrected chi connectivity index (χ3v) is 4.24. The second-order valence-corrected chi connectivity index (χ2v) is 6.27. The number of amides is 1. The maximum atomic E-state index is 12.0. The number of imidazole rings is 1. The number of nitrogens with zero attached hydrogens (tertiary/aromatic N) is 3. The van der Waals surface area contributed by atoms with Crippen LogP contribution >= 0.6 is 11.3 Å². The van der Waals surface area contributed by atoms with Gasteiger partial charge in [0.2, 0.25) is 6.10 Å². The van der Waals surface area contributed by atoms with Crippen LogP contribution in [0.1, 0.15) is 26.0 Å². The maximum absolute atomic E-state index is 12.0. The molecule has 0 spiro atoms. The van der Waals surface area contributed by atoms with Crippen LogP contribution in [0.4, 0.5) is 0 Å². The SMILES string of the molecule is CC(C)C1=NOC(C(=O)NCCc2cn3ccsc3n2)C1. The van der Waals surface area contributed by atoms with Gasteiger partial charge in [-0.15, -0.1) is 11.3 Å². The average Bonchev–Trinajstić information content (AvgIpc) is 3.13. The van der Waals surface area contributed by atoms with Gasteiger partial charge >= 0.3 is 0 Å². The fourth-order valence-corrected chi connectivity index (χ4v) is 2.92. The summed E-state index contributed by atoms with van der Waals surface area (Å²) < 4.78 is 1.99. The molecule has 1 unspecified atom stereocenters. The van der Waals surface area contributed by atoms with Crippen LogP contribution in [0.15, 0.2) is 22.9 Å². The molecule has 7 heteroatoms. The summed E-state index contributed by atoms with van der Waals surface area (Å²) in [5, 5.41) is 8.85. The fourth-order valence-electron chi connectivity index (χ4n) is 2.20. The zero-order valence-corrected chi connectivity index (χ0v) is 12.9. The highest BCUT2D eigenvalue weighted by Crippen LogP contribution is 2.16. The Labute approximate surface area is 126 Å². The number of hydrogen-bond acceptors (Lipinski definition) is 5. The molecule has 1 aliphatic rings. The normalized spacial score (nSPS) is 18.0. The molecule has 21 heavy (non-hydrogen) atoms. The number of thiazole rings is 1. The van der Waals surface area contributed by atoms with Crippen molar-refractivity contribution in [2.24, 2.45) is 11.1 Å². The molecule has 1 atom stereocenters. The van der Waals surface area contributed by atoms with Crippen molar-refractivity contribution in [3.05, 3.63) is 23.5 Å². The van der Waals surface area contributed by atoms with Crippen molar-refractivity contribution in [2.75, 3.05) is 6.54 Å². The Bertz CT molecular complexity index is 645. The van der Waals surface area contributed by atoms with Crippen LogP contribution in [0.5, 0.6) is 0 Å². The molecule has 0 fully saturated rings. The minimum Gasteiger partial charge on any atom is -0.382 e. The summed E-state index contributed by atoms with van der Waals surface area (Å²) in [5.41, 5.74) is 1.93. The highest BCUT2D eigenvalue weighted by atomic mass is 32.1. The lowest BCUT2D eigenvalue weighted by atomic mass is 10.0. The topological polar surface area (TPSA) is 68.0 Å². The Balaban J connectivity index is 1.45. The van der Waals surface area contributed by atoms with E-state index in [0.717, 1.165) is 16.4 Å². The smallest absolute Gasteiger partial charge is 0.264 e. The highest BCUT2D eigenvalue weighted by Gasteiger charge is 2.28. The monoisotopic (exact) mass is 306 g/mol. The molecule has 0 aliphatic carbocycles. The van der Waals surface area contributed by atoms with Gasteiger partial charge in [0.15, 0.2) is 4.96 Å². The summed E-state index contributed by atoms with van der Waals surface area (Å²) in [6.07, 6.45) is 4.79. The van der Waals surface area contributed by atoms with Crippen molar-refractivity contribution < 1.29 is 9.63 Å². The zero-order chi connectivity index (χ0) is 14.8. The number of fused-ring (bicyclic) bond motifs is 1. The van der Waals surface area contributed by atoms with Crippen LogP contribution in [0.3, 0.4) is 0 Å². The Morgan fingerprint density at radius 2 is 2.48 bits per heavy atom. The van der Waals surface area contributed by atoms with Crippen LogP contribution < -0.4 is 5.32 Å². The van der Waals surface area contributed by atoms with Crippen molar-refractivity contribution in [1.29, 1.82) is 0 Å². The van der Waals surface area contributed by atoms with Crippen molar-refractivity contribution in [2.45, 2.75) is 32.8 Å². The molecular formula is C14H18N4O2S. The number of nitrogens with one attached hydrogen (secondary N) is 1. The number of carbonyl (C=O) groups excluding carboxylic acids is 1. The first kappa shape index (κ1) is 14.1. The number of rotatable bonds is 5. The maximum Gasteiger partial charge on any atom is 0.264 e. The lowest BCUT2D eigenvalue weighted by Gasteiger charge is -2.09. The summed E-state index contributed by atoms with van der Waals surface area (Å²) in [6.45, 7) is 4.65. The van der Waals surface area contributed by atoms with E-state index in [1.54, 1.807) is 11.3 Å². The molecule has 112 valence electrons. The predicted molar refractivity (Wildman–Crippen MR) is 81.5 cm³/mol. The van der Waals surface area contributed by atoms with E-state index >= 15 is 0 Å². The summed E-state index contributed by atoms with van der Waals surface area (Å²) in [6, 6.07) is 0. The molecule has 3 heterocycles. The van der Waals surface area contributed by atoms with E-state index in [1.807, 2.05) is 36.0 Å². The van der Waals surface area contributed by atoms with E-state index in [2.05, 4.69) is 15.5 Å². The number of hydrogen-bond donors (Lipinski definition) is 1. The van der Waals surface area contributed by atoms with Crippen LogP contribution in [-0.4, -0.2) is 33.7 Å². The molecule has 0 aromatic carbocycles. The van der Waals surface area contributed by atoms with E-state index in [9.17, 15) is 4.79 Å². The Morgan fingerprint density at radius 1 is 1.62 bits per heavy atom. The summed E-state index contributed by atoms with van der Waals surface area (Å²) in [5.74, 6) is 0.219. The highest BCUT2D eigenvalue weighted by molar-refractivity contribution is 7.15. The number of aromatic nitrogens is 2. The van der Waals surface area contributed by atoms with E-state index in [1.165, 1.54) is 0 Å². The van der Waals surface area contributed by atoms with Gasteiger partial charge in [-0.05, 0) is 5.92 Å². The van der Waals surface area contributed by atoms with Crippen molar-refractivity contribution in [3.8, 4) is 0 Å². The molecule has 0 saturated carbocycles. The number of oxime groups is 1. The molecule has 1 aliphatic heterocycles. The van der Waals surface area contributed by atoms with Crippen LogP contribution in [-0.2, 0) is 16.1 Å². The van der Waals surface area contributed by atoms with Crippen molar-refractivity contribution in [3.63, 3.8) is 0 Å². The first-order chi connectivity index (χ1) is 10.1. The first-order valence-corrected chi connectivity index (χ1v) is 7.93. The zero-order valence-electron chi connectivity index (χ0n) is 12.1. The third-order valence-electron chi connectivity index (χ3n) is 3.47. The molecule has 3 rings (SSSR count). The van der Waals surface area contributed by atoms with E-state index in [4.69, 9.17) is 4.84 Å². The van der Waals surface area contributed by atoms with Crippen LogP contribution in [0.2, 0.25) is 0 Å². The lowest BCUT2D eigenvalue weighted by Crippen LogP contribution is -2.36. The van der Waals surface area contributed by atoms with E-state index in [0.29, 0.717) is 25.3 Å². The summed E-state index contributed by atoms with van der Waals surface area (Å²) in [7, 11) is 0. The standard InChI is InChI=1S/C14H18N4O2S/c1-9(2)11-7-12(20-17-11)13(19)15-4-3-10-8-18-5-6-21-14(18)16-10/h5-6,8-9,12H,3-4,7H2,1-2H3,(H,15,19). The molecule has 1 N–H and O–H groups in total. The molecule has 0 radical (unpaired) electrons. The van der Waals surface area contributed by atoms with E-state index in [-0.39, 0.29) is 5.91 Å². The van der Waals surface area contributed by atoms with Gasteiger partial charge in [-0.25, -0.2) is 4.98 Å². The minimum absolute atomic E-state index is 0.101. The van der Waals surface area contributed by atoms with Gasteiger partial charge in [0.05, 0.1) is 11.4 Å². The molecule has 2 aromatic heterocycles. The Hall–Kier alpha value is -1.89. The van der Waals surface area contributed by atoms with Crippen LogP contribution in [0.25, 0.3) is 4.96 Å². The van der Waals surface area contributed by atoms with Gasteiger partial charge in [0, 0.05) is 37.2 Å².